The van der Waals surface area contributed by atoms with E-state index in [4.69, 9.17) is 4.74 Å². The van der Waals surface area contributed by atoms with Crippen LogP contribution in [0, 0.1) is 0 Å². The molecular weight excluding hydrogens is 352 g/mol. The minimum Gasteiger partial charge on any atom is -0.496 e. The molecule has 2 heterocycles. The highest BCUT2D eigenvalue weighted by atomic mass is 16.5. The van der Waals surface area contributed by atoms with Gasteiger partial charge in [0, 0.05) is 11.3 Å². The molecule has 1 aliphatic rings. The van der Waals surface area contributed by atoms with Crippen molar-refractivity contribution in [3.8, 4) is 17.0 Å². The monoisotopic (exact) mass is 372 g/mol. The first-order chi connectivity index (χ1) is 13.7. The predicted octanol–water partition coefficient (Wildman–Crippen LogP) is 3.61. The zero-order valence-electron chi connectivity index (χ0n) is 15.5. The number of hydrogen-bond donors (Lipinski definition) is 2. The third-order valence-electron chi connectivity index (χ3n) is 5.15. The lowest BCUT2D eigenvalue weighted by Crippen LogP contribution is -2.04. The van der Waals surface area contributed by atoms with E-state index >= 15 is 0 Å². The summed E-state index contributed by atoms with van der Waals surface area (Å²) in [5.41, 5.74) is 6.12. The van der Waals surface area contributed by atoms with E-state index in [-0.39, 0.29) is 6.10 Å². The van der Waals surface area contributed by atoms with E-state index in [1.807, 2.05) is 47.0 Å². The Balaban J connectivity index is 1.51. The average Bonchev–Trinajstić information content (AvgIpc) is 3.29. The fourth-order valence-electron chi connectivity index (χ4n) is 3.82. The lowest BCUT2D eigenvalue weighted by molar-refractivity contribution is 0.187. The van der Waals surface area contributed by atoms with Gasteiger partial charge in [-0.3, -0.25) is 0 Å². The maximum atomic E-state index is 9.85. The Kier molecular flexibility index (Phi) is 3.98. The first-order valence-corrected chi connectivity index (χ1v) is 9.26. The SMILES string of the molecule is COc1ccccc1-c1ccc2cnc(Nc3ccc4c(c3)CC(O)C4)nn12. The van der Waals surface area contributed by atoms with Gasteiger partial charge in [0.2, 0.25) is 5.95 Å². The van der Waals surface area contributed by atoms with Crippen molar-refractivity contribution >= 4 is 17.2 Å². The number of anilines is 2. The van der Waals surface area contributed by atoms with Crippen LogP contribution in [-0.4, -0.2) is 32.9 Å². The maximum absolute atomic E-state index is 9.85. The number of aromatic nitrogens is 3. The largest absolute Gasteiger partial charge is 0.496 e. The molecule has 0 fully saturated rings. The number of hydrogen-bond acceptors (Lipinski definition) is 5. The van der Waals surface area contributed by atoms with E-state index < -0.39 is 0 Å². The minimum atomic E-state index is -0.277. The second-order valence-corrected chi connectivity index (χ2v) is 7.01. The van der Waals surface area contributed by atoms with Crippen LogP contribution in [0.3, 0.4) is 0 Å². The molecule has 0 amide bonds. The van der Waals surface area contributed by atoms with Crippen LogP contribution >= 0.6 is 0 Å². The number of nitrogens with one attached hydrogen (secondary N) is 1. The van der Waals surface area contributed by atoms with Crippen molar-refractivity contribution in [2.45, 2.75) is 18.9 Å². The van der Waals surface area contributed by atoms with E-state index in [0.717, 1.165) is 34.6 Å². The molecule has 0 saturated heterocycles. The molecule has 1 unspecified atom stereocenters. The molecule has 1 atom stereocenters. The summed E-state index contributed by atoms with van der Waals surface area (Å²) in [6, 6.07) is 18.0. The predicted molar refractivity (Wildman–Crippen MR) is 108 cm³/mol. The molecule has 28 heavy (non-hydrogen) atoms. The van der Waals surface area contributed by atoms with Crippen molar-refractivity contribution in [1.82, 2.24) is 14.6 Å². The molecule has 0 spiro atoms. The molecule has 6 heteroatoms. The molecule has 4 aromatic rings. The average molecular weight is 372 g/mol. The van der Waals surface area contributed by atoms with Crippen LogP contribution in [0.1, 0.15) is 11.1 Å². The Hall–Kier alpha value is -3.38. The van der Waals surface area contributed by atoms with Crippen molar-refractivity contribution < 1.29 is 9.84 Å². The van der Waals surface area contributed by atoms with E-state index in [9.17, 15) is 5.11 Å². The highest BCUT2D eigenvalue weighted by molar-refractivity contribution is 5.72. The number of fused-ring (bicyclic) bond motifs is 2. The van der Waals surface area contributed by atoms with Crippen LogP contribution in [0.25, 0.3) is 16.8 Å². The topological polar surface area (TPSA) is 71.7 Å². The molecule has 6 nitrogen and oxygen atoms in total. The van der Waals surface area contributed by atoms with Gasteiger partial charge in [0.1, 0.15) is 5.75 Å². The van der Waals surface area contributed by atoms with Crippen molar-refractivity contribution in [3.05, 3.63) is 71.9 Å². The summed E-state index contributed by atoms with van der Waals surface area (Å²) in [5, 5.41) is 17.8. The van der Waals surface area contributed by atoms with E-state index in [2.05, 4.69) is 27.5 Å². The number of rotatable bonds is 4. The van der Waals surface area contributed by atoms with Gasteiger partial charge in [0.05, 0.1) is 30.6 Å². The lowest BCUT2D eigenvalue weighted by Gasteiger charge is -2.10. The van der Waals surface area contributed by atoms with Crippen molar-refractivity contribution in [3.63, 3.8) is 0 Å². The van der Waals surface area contributed by atoms with Gasteiger partial charge in [-0.1, -0.05) is 18.2 Å². The Morgan fingerprint density at radius 2 is 1.93 bits per heavy atom. The summed E-state index contributed by atoms with van der Waals surface area (Å²) in [7, 11) is 1.67. The second kappa shape index (κ2) is 6.65. The molecule has 140 valence electrons. The number of para-hydroxylation sites is 1. The number of nitrogens with zero attached hydrogens (tertiary/aromatic N) is 3. The smallest absolute Gasteiger partial charge is 0.245 e. The molecule has 1 aliphatic carbocycles. The molecule has 2 aromatic carbocycles. The molecule has 0 radical (unpaired) electrons. The molecule has 0 saturated carbocycles. The third-order valence-corrected chi connectivity index (χ3v) is 5.15. The molecule has 2 aromatic heterocycles. The first-order valence-electron chi connectivity index (χ1n) is 9.26. The second-order valence-electron chi connectivity index (χ2n) is 7.01. The molecule has 2 N–H and O–H groups in total. The van der Waals surface area contributed by atoms with E-state index in [0.29, 0.717) is 12.4 Å². The fraction of sp³-hybridized carbons (Fsp3) is 0.182. The normalized spacial score (nSPS) is 15.6. The Bertz CT molecular complexity index is 1170. The van der Waals surface area contributed by atoms with Gasteiger partial charge < -0.3 is 15.2 Å². The third kappa shape index (κ3) is 2.88. The van der Waals surface area contributed by atoms with Gasteiger partial charge in [-0.15, -0.1) is 5.10 Å². The van der Waals surface area contributed by atoms with Gasteiger partial charge >= 0.3 is 0 Å². The highest BCUT2D eigenvalue weighted by Gasteiger charge is 2.19. The van der Waals surface area contributed by atoms with Crippen LogP contribution in [0.5, 0.6) is 5.75 Å². The number of aliphatic hydroxyl groups is 1. The maximum Gasteiger partial charge on any atom is 0.245 e. The van der Waals surface area contributed by atoms with Gasteiger partial charge in [-0.05, 0) is 60.4 Å². The minimum absolute atomic E-state index is 0.277. The zero-order chi connectivity index (χ0) is 19.1. The molecule has 0 bridgehead atoms. The van der Waals surface area contributed by atoms with E-state index in [1.54, 1.807) is 13.3 Å². The molecule has 5 rings (SSSR count). The molecule has 0 aliphatic heterocycles. The Morgan fingerprint density at radius 3 is 2.82 bits per heavy atom. The molecular formula is C22H20N4O2. The van der Waals surface area contributed by atoms with Gasteiger partial charge in [-0.25, -0.2) is 9.50 Å². The van der Waals surface area contributed by atoms with Crippen LogP contribution in [-0.2, 0) is 12.8 Å². The van der Waals surface area contributed by atoms with Gasteiger partial charge in [-0.2, -0.15) is 0 Å². The number of aliphatic hydroxyl groups excluding tert-OH is 1. The van der Waals surface area contributed by atoms with Crippen molar-refractivity contribution in [1.29, 1.82) is 0 Å². The van der Waals surface area contributed by atoms with Crippen LogP contribution < -0.4 is 10.1 Å². The summed E-state index contributed by atoms with van der Waals surface area (Å²) in [4.78, 5) is 4.44. The van der Waals surface area contributed by atoms with E-state index in [1.165, 1.54) is 11.1 Å². The van der Waals surface area contributed by atoms with Crippen LogP contribution in [0.2, 0.25) is 0 Å². The number of methoxy groups -OCH3 is 1. The summed E-state index contributed by atoms with van der Waals surface area (Å²) in [6.07, 6.45) is 2.94. The summed E-state index contributed by atoms with van der Waals surface area (Å²) >= 11 is 0. The summed E-state index contributed by atoms with van der Waals surface area (Å²) in [5.74, 6) is 1.31. The zero-order valence-corrected chi connectivity index (χ0v) is 15.5. The summed E-state index contributed by atoms with van der Waals surface area (Å²) in [6.45, 7) is 0. The van der Waals surface area contributed by atoms with Gasteiger partial charge in [0.25, 0.3) is 0 Å². The Labute approximate surface area is 162 Å². The van der Waals surface area contributed by atoms with Gasteiger partial charge in [0.15, 0.2) is 0 Å². The standard InChI is InChI=1S/C22H20N4O2/c1-28-21-5-3-2-4-19(21)20-9-8-17-13-23-22(25-26(17)20)24-16-7-6-14-11-18(27)12-15(14)10-16/h2-10,13,18,27H,11-12H2,1H3,(H,24,25). The van der Waals surface area contributed by atoms with Crippen LogP contribution in [0.4, 0.5) is 11.6 Å². The lowest BCUT2D eigenvalue weighted by atomic mass is 10.1. The quantitative estimate of drug-likeness (QED) is 0.573. The van der Waals surface area contributed by atoms with Crippen molar-refractivity contribution in [2.24, 2.45) is 0 Å². The first kappa shape index (κ1) is 16.8. The van der Waals surface area contributed by atoms with Crippen molar-refractivity contribution in [2.75, 3.05) is 12.4 Å². The highest BCUT2D eigenvalue weighted by Crippen LogP contribution is 2.31. The fourth-order valence-corrected chi connectivity index (χ4v) is 3.82. The number of benzene rings is 2. The number of ether oxygens (including phenoxy) is 1. The Morgan fingerprint density at radius 1 is 1.07 bits per heavy atom. The van der Waals surface area contributed by atoms with Crippen LogP contribution in [0.15, 0.2) is 60.8 Å². The summed E-state index contributed by atoms with van der Waals surface area (Å²) < 4.78 is 7.37.